The van der Waals surface area contributed by atoms with Crippen LogP contribution in [0.5, 0.6) is 0 Å². The van der Waals surface area contributed by atoms with E-state index in [2.05, 4.69) is 9.47 Å². The maximum absolute atomic E-state index is 10.0. The largest absolute Gasteiger partial charge is 0.748 e. The SMILES string of the molecule is C.CCOCC(O)CS(=O)(=O)[O-].COC(CO)CS(=O)(=O)[O-]. The zero-order valence-corrected chi connectivity index (χ0v) is 13.3. The average molecular weight is 368 g/mol. The predicted octanol–water partition coefficient (Wildman–Crippen LogP) is -1.90. The summed E-state index contributed by atoms with van der Waals surface area (Å²) in [5.41, 5.74) is 0. The molecule has 0 heterocycles. The van der Waals surface area contributed by atoms with E-state index >= 15 is 0 Å². The average Bonchev–Trinajstić information content (AvgIpc) is 2.31. The third kappa shape index (κ3) is 21.9. The lowest BCUT2D eigenvalue weighted by Crippen LogP contribution is -2.25. The van der Waals surface area contributed by atoms with Crippen molar-refractivity contribution in [3.8, 4) is 0 Å². The summed E-state index contributed by atoms with van der Waals surface area (Å²) in [6, 6.07) is 0. The fraction of sp³-hybridized carbons (Fsp3) is 1.00. The van der Waals surface area contributed by atoms with Gasteiger partial charge in [0.1, 0.15) is 0 Å². The lowest BCUT2D eigenvalue weighted by Gasteiger charge is -2.13. The van der Waals surface area contributed by atoms with Gasteiger partial charge in [-0.25, -0.2) is 16.8 Å². The standard InChI is InChI=1S/C5H12O5S.C4H10O5S.CH4/c1-2-10-3-5(6)4-11(7,8)9;1-9-4(2-5)3-10(6,7)8;/h5-6H,2-4H2,1H3,(H,7,8,9);4-5H,2-3H2,1H3,(H,6,7,8);1H4/p-2. The fourth-order valence-corrected chi connectivity index (χ4v) is 2.22. The Hall–Kier alpha value is -0.340. The molecule has 0 saturated heterocycles. The molecule has 2 atom stereocenters. The minimum Gasteiger partial charge on any atom is -0.748 e. The van der Waals surface area contributed by atoms with Crippen LogP contribution in [0.25, 0.3) is 0 Å². The van der Waals surface area contributed by atoms with E-state index in [1.54, 1.807) is 6.92 Å². The van der Waals surface area contributed by atoms with Gasteiger partial charge in [-0.1, -0.05) is 7.43 Å². The second-order valence-electron chi connectivity index (χ2n) is 3.80. The van der Waals surface area contributed by atoms with E-state index in [9.17, 15) is 25.9 Å². The van der Waals surface area contributed by atoms with E-state index in [0.29, 0.717) is 6.61 Å². The molecule has 0 aromatic carbocycles. The van der Waals surface area contributed by atoms with Gasteiger partial charge >= 0.3 is 0 Å². The van der Waals surface area contributed by atoms with Crippen molar-refractivity contribution in [2.24, 2.45) is 0 Å². The van der Waals surface area contributed by atoms with E-state index in [4.69, 9.17) is 10.2 Å². The minimum absolute atomic E-state index is 0. The summed E-state index contributed by atoms with van der Waals surface area (Å²) < 4.78 is 69.3. The Kier molecular flexibility index (Phi) is 15.8. The number of methoxy groups -OCH3 is 1. The third-order valence-corrected chi connectivity index (χ3v) is 3.41. The number of aliphatic hydroxyl groups excluding tert-OH is 2. The molecule has 0 bridgehead atoms. The summed E-state index contributed by atoms with van der Waals surface area (Å²) in [7, 11) is -7.39. The Morgan fingerprint density at radius 2 is 1.55 bits per heavy atom. The van der Waals surface area contributed by atoms with Gasteiger partial charge in [0.25, 0.3) is 0 Å². The second-order valence-corrected chi connectivity index (χ2v) is 6.70. The van der Waals surface area contributed by atoms with Gasteiger partial charge < -0.3 is 28.8 Å². The van der Waals surface area contributed by atoms with Crippen molar-refractivity contribution in [3.05, 3.63) is 0 Å². The molecular weight excluding hydrogens is 344 g/mol. The van der Waals surface area contributed by atoms with Gasteiger partial charge in [0.05, 0.1) is 57.2 Å². The van der Waals surface area contributed by atoms with Crippen LogP contribution in [0.3, 0.4) is 0 Å². The summed E-state index contributed by atoms with van der Waals surface area (Å²) >= 11 is 0. The van der Waals surface area contributed by atoms with Crippen LogP contribution in [0.1, 0.15) is 14.4 Å². The van der Waals surface area contributed by atoms with E-state index in [1.807, 2.05) is 0 Å². The van der Waals surface area contributed by atoms with Gasteiger partial charge in [-0.15, -0.1) is 0 Å². The van der Waals surface area contributed by atoms with Crippen LogP contribution < -0.4 is 0 Å². The summed E-state index contributed by atoms with van der Waals surface area (Å²) in [5.74, 6) is -1.47. The normalized spacial score (nSPS) is 14.3. The lowest BCUT2D eigenvalue weighted by atomic mass is 10.4. The molecule has 0 aliphatic carbocycles. The smallest absolute Gasteiger partial charge is 0.0972 e. The molecule has 0 aliphatic heterocycles. The molecule has 0 amide bonds. The summed E-state index contributed by atoms with van der Waals surface area (Å²) in [6.07, 6.45) is -2.11. The summed E-state index contributed by atoms with van der Waals surface area (Å²) in [5, 5.41) is 17.2. The van der Waals surface area contributed by atoms with E-state index < -0.39 is 50.6 Å². The molecule has 2 unspecified atom stereocenters. The monoisotopic (exact) mass is 368 g/mol. The molecule has 10 nitrogen and oxygen atoms in total. The predicted molar refractivity (Wildman–Crippen MR) is 76.2 cm³/mol. The molecule has 22 heavy (non-hydrogen) atoms. The Bertz CT molecular complexity index is 440. The van der Waals surface area contributed by atoms with Crippen molar-refractivity contribution >= 4 is 20.2 Å². The van der Waals surface area contributed by atoms with Gasteiger partial charge in [0, 0.05) is 13.7 Å². The van der Waals surface area contributed by atoms with Gasteiger partial charge in [-0.3, -0.25) is 0 Å². The highest BCUT2D eigenvalue weighted by Gasteiger charge is 2.09. The zero-order valence-electron chi connectivity index (χ0n) is 11.7. The first-order valence-corrected chi connectivity index (χ1v) is 8.87. The Balaban J connectivity index is -0.000000315. The number of rotatable bonds is 9. The minimum atomic E-state index is -4.33. The van der Waals surface area contributed by atoms with Gasteiger partial charge in [-0.05, 0) is 6.92 Å². The number of aliphatic hydroxyl groups is 2. The highest BCUT2D eigenvalue weighted by atomic mass is 32.2. The van der Waals surface area contributed by atoms with Gasteiger partial charge in [0.15, 0.2) is 0 Å². The van der Waals surface area contributed by atoms with Gasteiger partial charge in [0.2, 0.25) is 0 Å². The van der Waals surface area contributed by atoms with Crippen LogP contribution in [0.4, 0.5) is 0 Å². The van der Waals surface area contributed by atoms with E-state index in [1.165, 1.54) is 7.11 Å². The number of ether oxygens (including phenoxy) is 2. The molecule has 12 heteroatoms. The Labute approximate surface area is 131 Å². The van der Waals surface area contributed by atoms with Crippen LogP contribution in [-0.4, -0.2) is 86.8 Å². The molecule has 0 saturated carbocycles. The maximum atomic E-state index is 10.0. The van der Waals surface area contributed by atoms with Gasteiger partial charge in [-0.2, -0.15) is 0 Å². The molecule has 0 spiro atoms. The molecule has 0 aromatic rings. The van der Waals surface area contributed by atoms with Crippen molar-refractivity contribution in [3.63, 3.8) is 0 Å². The highest BCUT2D eigenvalue weighted by Crippen LogP contribution is 1.93. The molecule has 0 fully saturated rings. The molecular formula is C10H24O10S2-2. The molecule has 0 radical (unpaired) electrons. The van der Waals surface area contributed by atoms with Crippen molar-refractivity contribution < 1.29 is 45.6 Å². The summed E-state index contributed by atoms with van der Waals surface area (Å²) in [4.78, 5) is 0. The first-order valence-electron chi connectivity index (χ1n) is 5.71. The highest BCUT2D eigenvalue weighted by molar-refractivity contribution is 7.85. The molecule has 138 valence electrons. The molecule has 0 aromatic heterocycles. The van der Waals surface area contributed by atoms with Crippen LogP contribution in [0, 0.1) is 0 Å². The topological polar surface area (TPSA) is 173 Å². The zero-order chi connectivity index (χ0) is 17.1. The van der Waals surface area contributed by atoms with E-state index in [0.717, 1.165) is 0 Å². The summed E-state index contributed by atoms with van der Waals surface area (Å²) in [6.45, 7) is 1.52. The first kappa shape index (κ1) is 26.6. The van der Waals surface area contributed by atoms with E-state index in [-0.39, 0.29) is 14.0 Å². The number of hydrogen-bond acceptors (Lipinski definition) is 10. The lowest BCUT2D eigenvalue weighted by molar-refractivity contribution is 0.0534. The van der Waals surface area contributed by atoms with Crippen molar-refractivity contribution in [2.45, 2.75) is 26.6 Å². The Morgan fingerprint density at radius 1 is 1.09 bits per heavy atom. The molecule has 0 rings (SSSR count). The first-order chi connectivity index (χ1) is 9.45. The maximum Gasteiger partial charge on any atom is 0.0972 e. The van der Waals surface area contributed by atoms with Crippen LogP contribution >= 0.6 is 0 Å². The van der Waals surface area contributed by atoms with Crippen LogP contribution in [0.2, 0.25) is 0 Å². The quantitative estimate of drug-likeness (QED) is 0.438. The molecule has 2 N–H and O–H groups in total. The Morgan fingerprint density at radius 3 is 1.77 bits per heavy atom. The van der Waals surface area contributed by atoms with Crippen molar-refractivity contribution in [1.29, 1.82) is 0 Å². The fourth-order valence-electron chi connectivity index (χ4n) is 0.961. The van der Waals surface area contributed by atoms with Crippen molar-refractivity contribution in [2.75, 3.05) is 38.4 Å². The van der Waals surface area contributed by atoms with Crippen LogP contribution in [0.15, 0.2) is 0 Å². The number of hydrogen-bond donors (Lipinski definition) is 2. The second kappa shape index (κ2) is 13.1. The van der Waals surface area contributed by atoms with Crippen LogP contribution in [-0.2, 0) is 29.7 Å². The van der Waals surface area contributed by atoms with Crippen molar-refractivity contribution in [1.82, 2.24) is 0 Å². The molecule has 0 aliphatic rings. The third-order valence-electron chi connectivity index (χ3n) is 1.84.